The second kappa shape index (κ2) is 5.97. The second-order valence-corrected chi connectivity index (χ2v) is 5.85. The third kappa shape index (κ3) is 2.78. The highest BCUT2D eigenvalue weighted by atomic mass is 16.5. The first-order chi connectivity index (χ1) is 11.3. The van der Waals surface area contributed by atoms with Crippen LogP contribution in [0.3, 0.4) is 0 Å². The molecule has 0 N–H and O–H groups in total. The standard InChI is InChI=1S/C19H19N3O/c1-14-6-8-15(9-7-14)18-16-4-2-3-5-17(16)20-19(21-18)22-10-12-23-13-11-22/h2-9H,10-13H2,1H3. The second-order valence-electron chi connectivity index (χ2n) is 5.85. The average Bonchev–Trinajstić information content (AvgIpc) is 2.62. The molecule has 1 saturated heterocycles. The van der Waals surface area contributed by atoms with Gasteiger partial charge in [-0.15, -0.1) is 0 Å². The van der Waals surface area contributed by atoms with Crippen LogP contribution in [0.25, 0.3) is 22.2 Å². The number of ether oxygens (including phenoxy) is 1. The molecular formula is C19H19N3O. The Morgan fingerprint density at radius 3 is 2.43 bits per heavy atom. The van der Waals surface area contributed by atoms with Crippen LogP contribution in [0, 0.1) is 6.92 Å². The first-order valence-corrected chi connectivity index (χ1v) is 7.98. The van der Waals surface area contributed by atoms with Crippen molar-refractivity contribution in [2.45, 2.75) is 6.92 Å². The number of hydrogen-bond acceptors (Lipinski definition) is 4. The maximum atomic E-state index is 5.44. The van der Waals surface area contributed by atoms with Gasteiger partial charge in [-0.2, -0.15) is 0 Å². The van der Waals surface area contributed by atoms with Crippen LogP contribution >= 0.6 is 0 Å². The van der Waals surface area contributed by atoms with Crippen LogP contribution in [-0.2, 0) is 4.74 Å². The molecule has 4 heteroatoms. The summed E-state index contributed by atoms with van der Waals surface area (Å²) in [7, 11) is 0. The number of para-hydroxylation sites is 1. The van der Waals surface area contributed by atoms with Crippen molar-refractivity contribution in [2.24, 2.45) is 0 Å². The van der Waals surface area contributed by atoms with Gasteiger partial charge in [0.15, 0.2) is 0 Å². The van der Waals surface area contributed by atoms with Crippen molar-refractivity contribution in [3.63, 3.8) is 0 Å². The highest BCUT2D eigenvalue weighted by molar-refractivity contribution is 5.93. The number of aromatic nitrogens is 2. The minimum Gasteiger partial charge on any atom is -0.378 e. The first-order valence-electron chi connectivity index (χ1n) is 7.98. The zero-order chi connectivity index (χ0) is 15.6. The molecule has 2 aromatic carbocycles. The van der Waals surface area contributed by atoms with Crippen molar-refractivity contribution >= 4 is 16.9 Å². The molecule has 4 rings (SSSR count). The normalized spacial score (nSPS) is 15.1. The molecule has 0 amide bonds. The van der Waals surface area contributed by atoms with Crippen molar-refractivity contribution in [1.82, 2.24) is 9.97 Å². The van der Waals surface area contributed by atoms with Crippen LogP contribution in [0.1, 0.15) is 5.56 Å². The monoisotopic (exact) mass is 305 g/mol. The molecular weight excluding hydrogens is 286 g/mol. The highest BCUT2D eigenvalue weighted by Crippen LogP contribution is 2.28. The van der Waals surface area contributed by atoms with E-state index in [1.165, 1.54) is 5.56 Å². The molecule has 116 valence electrons. The fraction of sp³-hybridized carbons (Fsp3) is 0.263. The van der Waals surface area contributed by atoms with E-state index < -0.39 is 0 Å². The third-order valence-corrected chi connectivity index (χ3v) is 4.21. The van der Waals surface area contributed by atoms with Crippen LogP contribution in [0.5, 0.6) is 0 Å². The van der Waals surface area contributed by atoms with Crippen LogP contribution in [0.2, 0.25) is 0 Å². The molecule has 1 aliphatic heterocycles. The Labute approximate surface area is 135 Å². The zero-order valence-electron chi connectivity index (χ0n) is 13.2. The molecule has 0 atom stereocenters. The maximum absolute atomic E-state index is 5.44. The smallest absolute Gasteiger partial charge is 0.226 e. The van der Waals surface area contributed by atoms with Gasteiger partial charge < -0.3 is 9.64 Å². The summed E-state index contributed by atoms with van der Waals surface area (Å²) in [5.41, 5.74) is 4.36. The summed E-state index contributed by atoms with van der Waals surface area (Å²) in [5, 5.41) is 1.09. The van der Waals surface area contributed by atoms with Gasteiger partial charge in [-0.3, -0.25) is 0 Å². The van der Waals surface area contributed by atoms with E-state index in [1.54, 1.807) is 0 Å². The zero-order valence-corrected chi connectivity index (χ0v) is 13.2. The fourth-order valence-corrected chi connectivity index (χ4v) is 2.90. The lowest BCUT2D eigenvalue weighted by Gasteiger charge is -2.27. The third-order valence-electron chi connectivity index (χ3n) is 4.21. The van der Waals surface area contributed by atoms with Gasteiger partial charge in [0.1, 0.15) is 0 Å². The Morgan fingerprint density at radius 2 is 1.65 bits per heavy atom. The van der Waals surface area contributed by atoms with E-state index >= 15 is 0 Å². The van der Waals surface area contributed by atoms with Gasteiger partial charge in [-0.25, -0.2) is 9.97 Å². The lowest BCUT2D eigenvalue weighted by Crippen LogP contribution is -2.37. The van der Waals surface area contributed by atoms with Gasteiger partial charge in [-0.05, 0) is 13.0 Å². The molecule has 0 spiro atoms. The van der Waals surface area contributed by atoms with Gasteiger partial charge in [0.05, 0.1) is 24.4 Å². The van der Waals surface area contributed by atoms with E-state index in [9.17, 15) is 0 Å². The molecule has 23 heavy (non-hydrogen) atoms. The summed E-state index contributed by atoms with van der Waals surface area (Å²) in [4.78, 5) is 11.8. The van der Waals surface area contributed by atoms with Crippen LogP contribution in [-0.4, -0.2) is 36.3 Å². The SMILES string of the molecule is Cc1ccc(-c2nc(N3CCOCC3)nc3ccccc23)cc1. The predicted molar refractivity (Wildman–Crippen MR) is 92.7 cm³/mol. The molecule has 0 unspecified atom stereocenters. The Balaban J connectivity index is 1.88. The van der Waals surface area contributed by atoms with E-state index in [0.717, 1.165) is 54.4 Å². The summed E-state index contributed by atoms with van der Waals surface area (Å²) < 4.78 is 5.44. The molecule has 2 heterocycles. The molecule has 3 aromatic rings. The summed E-state index contributed by atoms with van der Waals surface area (Å²) >= 11 is 0. The molecule has 4 nitrogen and oxygen atoms in total. The Hall–Kier alpha value is -2.46. The Bertz CT molecular complexity index is 824. The van der Waals surface area contributed by atoms with E-state index in [4.69, 9.17) is 14.7 Å². The van der Waals surface area contributed by atoms with Crippen LogP contribution in [0.15, 0.2) is 48.5 Å². The molecule has 1 aromatic heterocycles. The molecule has 0 saturated carbocycles. The lowest BCUT2D eigenvalue weighted by atomic mass is 10.1. The molecule has 1 aliphatic rings. The Morgan fingerprint density at radius 1 is 0.913 bits per heavy atom. The molecule has 0 radical (unpaired) electrons. The number of rotatable bonds is 2. The predicted octanol–water partition coefficient (Wildman–Crippen LogP) is 3.44. The number of nitrogens with zero attached hydrogens (tertiary/aromatic N) is 3. The van der Waals surface area contributed by atoms with Crippen molar-refractivity contribution < 1.29 is 4.74 Å². The van der Waals surface area contributed by atoms with Crippen LogP contribution in [0.4, 0.5) is 5.95 Å². The van der Waals surface area contributed by atoms with Gasteiger partial charge in [0, 0.05) is 24.0 Å². The molecule has 0 aliphatic carbocycles. The quantitative estimate of drug-likeness (QED) is 0.727. The minimum atomic E-state index is 0.732. The maximum Gasteiger partial charge on any atom is 0.226 e. The largest absolute Gasteiger partial charge is 0.378 e. The van der Waals surface area contributed by atoms with E-state index in [2.05, 4.69) is 48.2 Å². The summed E-state index contributed by atoms with van der Waals surface area (Å²) in [5.74, 6) is 0.794. The summed E-state index contributed by atoms with van der Waals surface area (Å²) in [6.45, 7) is 5.24. The average molecular weight is 305 g/mol. The number of hydrogen-bond donors (Lipinski definition) is 0. The number of benzene rings is 2. The fourth-order valence-electron chi connectivity index (χ4n) is 2.90. The molecule has 0 bridgehead atoms. The van der Waals surface area contributed by atoms with Crippen molar-refractivity contribution in [3.05, 3.63) is 54.1 Å². The summed E-state index contributed by atoms with van der Waals surface area (Å²) in [6.07, 6.45) is 0. The van der Waals surface area contributed by atoms with Gasteiger partial charge in [0.25, 0.3) is 0 Å². The number of anilines is 1. The highest BCUT2D eigenvalue weighted by Gasteiger charge is 2.17. The van der Waals surface area contributed by atoms with Crippen molar-refractivity contribution in [1.29, 1.82) is 0 Å². The van der Waals surface area contributed by atoms with Crippen molar-refractivity contribution in [3.8, 4) is 11.3 Å². The topological polar surface area (TPSA) is 38.2 Å². The lowest BCUT2D eigenvalue weighted by molar-refractivity contribution is 0.122. The number of fused-ring (bicyclic) bond motifs is 1. The number of morpholine rings is 1. The van der Waals surface area contributed by atoms with Gasteiger partial charge >= 0.3 is 0 Å². The van der Waals surface area contributed by atoms with E-state index in [0.29, 0.717) is 0 Å². The van der Waals surface area contributed by atoms with E-state index in [1.807, 2.05) is 12.1 Å². The van der Waals surface area contributed by atoms with Crippen molar-refractivity contribution in [2.75, 3.05) is 31.2 Å². The Kier molecular flexibility index (Phi) is 3.67. The van der Waals surface area contributed by atoms with Gasteiger partial charge in [0.2, 0.25) is 5.95 Å². The minimum absolute atomic E-state index is 0.732. The van der Waals surface area contributed by atoms with Crippen LogP contribution < -0.4 is 4.90 Å². The van der Waals surface area contributed by atoms with Gasteiger partial charge in [-0.1, -0.05) is 48.0 Å². The summed E-state index contributed by atoms with van der Waals surface area (Å²) in [6, 6.07) is 16.7. The number of aryl methyl sites for hydroxylation is 1. The first kappa shape index (κ1) is 14.2. The molecule has 1 fully saturated rings. The van der Waals surface area contributed by atoms with E-state index in [-0.39, 0.29) is 0 Å².